The summed E-state index contributed by atoms with van der Waals surface area (Å²) >= 11 is 0. The average Bonchev–Trinajstić information content (AvgIpc) is 3.16. The van der Waals surface area contributed by atoms with E-state index in [4.69, 9.17) is 10.3 Å². The smallest absolute Gasteiger partial charge is 0.326 e. The van der Waals surface area contributed by atoms with Gasteiger partial charge in [0.2, 0.25) is 5.91 Å². The van der Waals surface area contributed by atoms with Crippen LogP contribution in [0, 0.1) is 12.8 Å². The number of rotatable bonds is 12. The highest BCUT2D eigenvalue weighted by Crippen LogP contribution is 2.27. The van der Waals surface area contributed by atoms with Gasteiger partial charge in [0.1, 0.15) is 12.1 Å². The van der Waals surface area contributed by atoms with E-state index in [0.717, 1.165) is 31.4 Å². The Morgan fingerprint density at radius 2 is 1.90 bits per heavy atom. The molecule has 0 saturated heterocycles. The Kier molecular flexibility index (Phi) is 10.3. The topological polar surface area (TPSA) is 160 Å². The first kappa shape index (κ1) is 24.6. The fourth-order valence-corrected chi connectivity index (χ4v) is 3.89. The summed E-state index contributed by atoms with van der Waals surface area (Å²) in [7, 11) is 0. The maximum Gasteiger partial charge on any atom is 0.326 e. The van der Waals surface area contributed by atoms with Crippen LogP contribution in [0.3, 0.4) is 0 Å². The highest BCUT2D eigenvalue weighted by atomic mass is 16.5. The lowest BCUT2D eigenvalue weighted by atomic mass is 9.84. The molecule has 2 rings (SSSR count). The lowest BCUT2D eigenvalue weighted by Gasteiger charge is -2.27. The van der Waals surface area contributed by atoms with Crippen molar-refractivity contribution >= 4 is 17.9 Å². The van der Waals surface area contributed by atoms with Crippen molar-refractivity contribution in [1.82, 2.24) is 21.1 Å². The second kappa shape index (κ2) is 12.9. The number of aliphatic carboxylic acids is 1. The SMILES string of the molecule is Cc1cc(CNC(=O)[C@@H](CC2CCCCC2)NC(=O)NC(CCCCN)C(=O)O)on1. The van der Waals surface area contributed by atoms with Crippen molar-refractivity contribution in [1.29, 1.82) is 0 Å². The first-order chi connectivity index (χ1) is 14.9. The predicted octanol–water partition coefficient (Wildman–Crippen LogP) is 1.82. The molecule has 1 aromatic rings. The van der Waals surface area contributed by atoms with Crippen LogP contribution in [-0.4, -0.2) is 46.8 Å². The number of carbonyl (C=O) groups excluding carboxylic acids is 2. The van der Waals surface area contributed by atoms with E-state index in [1.807, 2.05) is 0 Å². The number of carboxylic acid groups (broad SMARTS) is 1. The molecule has 0 radical (unpaired) electrons. The fourth-order valence-electron chi connectivity index (χ4n) is 3.89. The quantitative estimate of drug-likeness (QED) is 0.312. The fraction of sp³-hybridized carbons (Fsp3) is 0.714. The van der Waals surface area contributed by atoms with Crippen molar-refractivity contribution in [3.63, 3.8) is 0 Å². The van der Waals surface area contributed by atoms with Crippen LogP contribution in [0.1, 0.15) is 69.2 Å². The van der Waals surface area contributed by atoms with E-state index >= 15 is 0 Å². The van der Waals surface area contributed by atoms with Crippen LogP contribution in [0.2, 0.25) is 0 Å². The summed E-state index contributed by atoms with van der Waals surface area (Å²) in [5.74, 6) is -0.569. The summed E-state index contributed by atoms with van der Waals surface area (Å²) in [6, 6.07) is -0.714. The van der Waals surface area contributed by atoms with Gasteiger partial charge in [-0.1, -0.05) is 37.3 Å². The van der Waals surface area contributed by atoms with Gasteiger partial charge >= 0.3 is 12.0 Å². The summed E-state index contributed by atoms with van der Waals surface area (Å²) in [4.78, 5) is 36.8. The van der Waals surface area contributed by atoms with Gasteiger partial charge in [-0.25, -0.2) is 9.59 Å². The van der Waals surface area contributed by atoms with Crippen molar-refractivity contribution in [2.24, 2.45) is 11.7 Å². The molecule has 1 unspecified atom stereocenters. The van der Waals surface area contributed by atoms with Crippen LogP contribution in [0.25, 0.3) is 0 Å². The van der Waals surface area contributed by atoms with Crippen LogP contribution in [0.5, 0.6) is 0 Å². The van der Waals surface area contributed by atoms with Gasteiger partial charge in [0.05, 0.1) is 12.2 Å². The van der Waals surface area contributed by atoms with Gasteiger partial charge in [-0.2, -0.15) is 0 Å². The molecule has 1 aliphatic rings. The zero-order chi connectivity index (χ0) is 22.6. The largest absolute Gasteiger partial charge is 0.480 e. The number of aryl methyl sites for hydroxylation is 1. The Balaban J connectivity index is 1.96. The summed E-state index contributed by atoms with van der Waals surface area (Å²) < 4.78 is 5.11. The van der Waals surface area contributed by atoms with Gasteiger partial charge in [-0.3, -0.25) is 4.79 Å². The third-order valence-electron chi connectivity index (χ3n) is 5.58. The van der Waals surface area contributed by atoms with Crippen molar-refractivity contribution in [3.8, 4) is 0 Å². The minimum atomic E-state index is -1.11. The van der Waals surface area contributed by atoms with Crippen molar-refractivity contribution in [3.05, 3.63) is 17.5 Å². The molecule has 6 N–H and O–H groups in total. The summed E-state index contributed by atoms with van der Waals surface area (Å²) in [6.45, 7) is 2.42. The second-order valence-corrected chi connectivity index (χ2v) is 8.24. The van der Waals surface area contributed by atoms with Crippen LogP contribution < -0.4 is 21.7 Å². The van der Waals surface area contributed by atoms with E-state index in [1.54, 1.807) is 13.0 Å². The molecule has 1 fully saturated rings. The Labute approximate surface area is 182 Å². The highest BCUT2D eigenvalue weighted by Gasteiger charge is 2.28. The van der Waals surface area contributed by atoms with Gasteiger partial charge in [0.15, 0.2) is 5.76 Å². The Morgan fingerprint density at radius 1 is 1.19 bits per heavy atom. The molecule has 0 spiro atoms. The highest BCUT2D eigenvalue weighted by molar-refractivity contribution is 5.88. The molecule has 0 bridgehead atoms. The minimum absolute atomic E-state index is 0.168. The Morgan fingerprint density at radius 3 is 2.52 bits per heavy atom. The van der Waals surface area contributed by atoms with E-state index in [9.17, 15) is 19.5 Å². The number of carbonyl (C=O) groups is 3. The molecule has 3 amide bonds. The number of hydrogen-bond acceptors (Lipinski definition) is 6. The number of hydrogen-bond donors (Lipinski definition) is 5. The van der Waals surface area contributed by atoms with E-state index in [-0.39, 0.29) is 18.9 Å². The van der Waals surface area contributed by atoms with Gasteiger partial charge in [0.25, 0.3) is 0 Å². The van der Waals surface area contributed by atoms with Gasteiger partial charge < -0.3 is 31.3 Å². The molecule has 1 heterocycles. The minimum Gasteiger partial charge on any atom is -0.480 e. The third kappa shape index (κ3) is 8.95. The number of aromatic nitrogens is 1. The molecular weight excluding hydrogens is 402 g/mol. The summed E-state index contributed by atoms with van der Waals surface area (Å²) in [5, 5.41) is 21.1. The number of urea groups is 1. The average molecular weight is 438 g/mol. The molecule has 10 heteroatoms. The first-order valence-corrected chi connectivity index (χ1v) is 11.1. The van der Waals surface area contributed by atoms with Crippen LogP contribution >= 0.6 is 0 Å². The number of nitrogens with one attached hydrogen (secondary N) is 3. The van der Waals surface area contributed by atoms with Gasteiger partial charge in [-0.15, -0.1) is 0 Å². The maximum absolute atomic E-state index is 12.8. The van der Waals surface area contributed by atoms with E-state index in [2.05, 4.69) is 21.1 Å². The van der Waals surface area contributed by atoms with Gasteiger partial charge in [0, 0.05) is 6.07 Å². The molecule has 31 heavy (non-hydrogen) atoms. The predicted molar refractivity (Wildman–Crippen MR) is 114 cm³/mol. The zero-order valence-electron chi connectivity index (χ0n) is 18.2. The standard InChI is InChI=1S/C21H35N5O5/c1-14-11-16(31-26-14)13-23-19(27)18(12-15-7-3-2-4-8-15)25-21(30)24-17(20(28)29)9-5-6-10-22/h11,15,17-18H,2-10,12-13,22H2,1H3,(H,23,27)(H,28,29)(H2,24,25,30)/t17?,18-/m1/s1. The molecule has 10 nitrogen and oxygen atoms in total. The Hall–Kier alpha value is -2.62. The number of amides is 3. The zero-order valence-corrected chi connectivity index (χ0v) is 18.2. The molecule has 1 aromatic heterocycles. The molecule has 2 atom stereocenters. The van der Waals surface area contributed by atoms with Crippen molar-refractivity contribution in [2.75, 3.05) is 6.54 Å². The third-order valence-corrected chi connectivity index (χ3v) is 5.58. The molecule has 1 aliphatic carbocycles. The van der Waals surface area contributed by atoms with E-state index in [0.29, 0.717) is 37.5 Å². The molecule has 1 saturated carbocycles. The monoisotopic (exact) mass is 437 g/mol. The number of carboxylic acids is 1. The molecule has 174 valence electrons. The van der Waals surface area contributed by atoms with E-state index in [1.165, 1.54) is 6.42 Å². The first-order valence-electron chi connectivity index (χ1n) is 11.1. The van der Waals surface area contributed by atoms with Crippen LogP contribution in [0.4, 0.5) is 4.79 Å². The van der Waals surface area contributed by atoms with Crippen LogP contribution in [0.15, 0.2) is 10.6 Å². The lowest BCUT2D eigenvalue weighted by molar-refractivity contribution is -0.139. The Bertz CT molecular complexity index is 717. The number of nitrogens with two attached hydrogens (primary N) is 1. The second-order valence-electron chi connectivity index (χ2n) is 8.24. The lowest BCUT2D eigenvalue weighted by Crippen LogP contribution is -2.53. The molecule has 0 aromatic carbocycles. The number of unbranched alkanes of at least 4 members (excludes halogenated alkanes) is 1. The normalized spacial score (nSPS) is 16.3. The number of nitrogens with zero attached hydrogens (tertiary/aromatic N) is 1. The molecule has 0 aliphatic heterocycles. The molecular formula is C21H35N5O5. The van der Waals surface area contributed by atoms with E-state index < -0.39 is 24.1 Å². The van der Waals surface area contributed by atoms with Gasteiger partial charge in [-0.05, 0) is 45.1 Å². The van der Waals surface area contributed by atoms with Crippen molar-refractivity contribution < 1.29 is 24.0 Å². The maximum atomic E-state index is 12.8. The van der Waals surface area contributed by atoms with Crippen LogP contribution in [-0.2, 0) is 16.1 Å². The summed E-state index contributed by atoms with van der Waals surface area (Å²) in [5.41, 5.74) is 6.17. The van der Waals surface area contributed by atoms with Crippen molar-refractivity contribution in [2.45, 2.75) is 83.3 Å². The summed E-state index contributed by atoms with van der Waals surface area (Å²) in [6.07, 6.45) is 7.53.